The van der Waals surface area contributed by atoms with Gasteiger partial charge >= 0.3 is 0 Å². The van der Waals surface area contributed by atoms with Crippen LogP contribution in [-0.2, 0) is 33.1 Å². The Balaban J connectivity index is 1.52. The lowest BCUT2D eigenvalue weighted by atomic mass is 10.1. The second kappa shape index (κ2) is 15.1. The molecule has 268 valence electrons. The second-order valence-corrected chi connectivity index (χ2v) is 18.5. The van der Waals surface area contributed by atoms with Gasteiger partial charge in [0.1, 0.15) is 12.1 Å². The lowest BCUT2D eigenvalue weighted by molar-refractivity contribution is 0.587. The van der Waals surface area contributed by atoms with Crippen molar-refractivity contribution < 1.29 is 16.8 Å². The number of hydrogen-bond donors (Lipinski definition) is 0. The van der Waals surface area contributed by atoms with Gasteiger partial charge in [0.25, 0.3) is 20.0 Å². The summed E-state index contributed by atoms with van der Waals surface area (Å²) in [5, 5.41) is 20.1. The normalized spacial score (nSPS) is 13.3. The first kappa shape index (κ1) is 36.8. The Labute approximate surface area is 324 Å². The maximum Gasteiger partial charge on any atom is 0.264 e. The van der Waals surface area contributed by atoms with Crippen LogP contribution >= 0.6 is 23.5 Å². The molecule has 6 aromatic rings. The van der Waals surface area contributed by atoms with Crippen LogP contribution in [-0.4, -0.2) is 16.8 Å². The number of para-hydroxylation sites is 2. The third kappa shape index (κ3) is 7.22. The average Bonchev–Trinajstić information content (AvgIpc) is 3.17. The number of benzene rings is 6. The van der Waals surface area contributed by atoms with Crippen molar-refractivity contribution in [1.82, 2.24) is 0 Å². The zero-order valence-corrected chi connectivity index (χ0v) is 32.4. The molecule has 0 atom stereocenters. The molecule has 1 aliphatic rings. The maximum atomic E-state index is 14.8. The van der Waals surface area contributed by atoms with Crippen LogP contribution in [0.2, 0.25) is 0 Å². The smallest absolute Gasteiger partial charge is 0.261 e. The number of fused-ring (bicyclic) bond motifs is 4. The molecule has 1 heterocycles. The van der Waals surface area contributed by atoms with Gasteiger partial charge in [-0.3, -0.25) is 8.61 Å². The van der Waals surface area contributed by atoms with Crippen LogP contribution in [0.25, 0.3) is 0 Å². The van der Waals surface area contributed by atoms with Crippen molar-refractivity contribution in [1.29, 1.82) is 10.5 Å². The quantitative estimate of drug-likeness (QED) is 0.173. The largest absolute Gasteiger partial charge is 0.264 e. The van der Waals surface area contributed by atoms with Gasteiger partial charge in [0, 0.05) is 19.6 Å². The summed E-state index contributed by atoms with van der Waals surface area (Å²) in [6, 6.07) is 42.5. The lowest BCUT2D eigenvalue weighted by Crippen LogP contribution is -2.33. The Hall–Kier alpha value is -5.50. The van der Waals surface area contributed by atoms with Gasteiger partial charge in [-0.15, -0.1) is 0 Å². The molecule has 6 aromatic carbocycles. The fraction of sp³-hybridized carbons (Fsp3) is 0.0952. The van der Waals surface area contributed by atoms with E-state index >= 15 is 0 Å². The van der Waals surface area contributed by atoms with E-state index in [2.05, 4.69) is 12.1 Å². The van der Waals surface area contributed by atoms with Gasteiger partial charge in [-0.25, -0.2) is 16.8 Å². The Morgan fingerprint density at radius 3 is 1.22 bits per heavy atom. The summed E-state index contributed by atoms with van der Waals surface area (Å²) < 4.78 is 61.8. The fourth-order valence-electron chi connectivity index (χ4n) is 6.09. The van der Waals surface area contributed by atoms with Gasteiger partial charge in [-0.1, -0.05) is 107 Å². The molecule has 0 aromatic heterocycles. The summed E-state index contributed by atoms with van der Waals surface area (Å²) in [6.45, 7) is 3.56. The van der Waals surface area contributed by atoms with Crippen molar-refractivity contribution in [3.05, 3.63) is 167 Å². The molecule has 0 spiro atoms. The summed E-state index contributed by atoms with van der Waals surface area (Å²) in [5.41, 5.74) is 4.18. The van der Waals surface area contributed by atoms with E-state index in [4.69, 9.17) is 0 Å². The van der Waals surface area contributed by atoms with Crippen LogP contribution in [0.1, 0.15) is 33.4 Å². The third-order valence-corrected chi connectivity index (χ3v) is 14.9. The molecular weight excluding hydrogens is 753 g/mol. The molecule has 7 rings (SSSR count). The van der Waals surface area contributed by atoms with Gasteiger partial charge in [0.2, 0.25) is 0 Å². The van der Waals surface area contributed by atoms with Crippen molar-refractivity contribution in [3.63, 3.8) is 0 Å². The van der Waals surface area contributed by atoms with Crippen molar-refractivity contribution in [3.8, 4) is 12.1 Å². The van der Waals surface area contributed by atoms with Crippen LogP contribution in [0.5, 0.6) is 0 Å². The number of hydrogen-bond acceptors (Lipinski definition) is 8. The zero-order valence-electron chi connectivity index (χ0n) is 29.2. The highest BCUT2D eigenvalue weighted by Gasteiger charge is 2.32. The van der Waals surface area contributed by atoms with Crippen LogP contribution in [0.15, 0.2) is 163 Å². The molecule has 1 aliphatic heterocycles. The zero-order chi connectivity index (χ0) is 38.0. The summed E-state index contributed by atoms with van der Waals surface area (Å²) >= 11 is 2.55. The summed E-state index contributed by atoms with van der Waals surface area (Å²) in [7, 11) is -8.38. The fourth-order valence-corrected chi connectivity index (χ4v) is 11.4. The Morgan fingerprint density at radius 1 is 0.500 bits per heavy atom. The standard InChI is InChI=1S/C42H32N4O4S4/c1-29-15-19-35(20-16-29)53(47,48)45-27-31-9-3-4-10-32(31)28-46(54(49,50)36-21-17-30(2)18-22-36)38-12-6-8-14-40(38)52-42-24-34(26-44)33(25-43)23-41(42)51-39-13-7-5-11-37(39)45/h3-24H,27-28H2,1-2H3. The van der Waals surface area contributed by atoms with Gasteiger partial charge < -0.3 is 0 Å². The van der Waals surface area contributed by atoms with Gasteiger partial charge in [-0.05, 0) is 85.6 Å². The third-order valence-electron chi connectivity index (χ3n) is 9.00. The van der Waals surface area contributed by atoms with Crippen molar-refractivity contribution >= 4 is 54.9 Å². The monoisotopic (exact) mass is 784 g/mol. The molecule has 0 bridgehead atoms. The molecular formula is C42H32N4O4S4. The van der Waals surface area contributed by atoms with E-state index in [0.29, 0.717) is 42.1 Å². The Morgan fingerprint density at radius 2 is 0.852 bits per heavy atom. The van der Waals surface area contributed by atoms with Crippen molar-refractivity contribution in [2.75, 3.05) is 8.61 Å². The molecule has 54 heavy (non-hydrogen) atoms. The predicted molar refractivity (Wildman–Crippen MR) is 213 cm³/mol. The minimum atomic E-state index is -4.19. The highest BCUT2D eigenvalue weighted by molar-refractivity contribution is 8.02. The highest BCUT2D eigenvalue weighted by atomic mass is 32.2. The first-order valence-electron chi connectivity index (χ1n) is 16.8. The molecule has 0 unspecified atom stereocenters. The number of sulfonamides is 2. The summed E-state index contributed by atoms with van der Waals surface area (Å²) in [5.74, 6) is 0. The lowest BCUT2D eigenvalue weighted by Gasteiger charge is -2.30. The van der Waals surface area contributed by atoms with Crippen LogP contribution < -0.4 is 8.61 Å². The number of nitrogens with zero attached hydrogens (tertiary/aromatic N) is 4. The highest BCUT2D eigenvalue weighted by Crippen LogP contribution is 2.47. The van der Waals surface area contributed by atoms with E-state index in [9.17, 15) is 27.4 Å². The van der Waals surface area contributed by atoms with Crippen molar-refractivity contribution in [2.45, 2.75) is 56.3 Å². The van der Waals surface area contributed by atoms with E-state index in [1.807, 2.05) is 62.4 Å². The molecule has 0 saturated carbocycles. The summed E-state index contributed by atoms with van der Waals surface area (Å²) in [6.07, 6.45) is 0. The SMILES string of the molecule is Cc1ccc(S(=O)(=O)N2Cc3ccccc3CN(S(=O)(=O)c3ccc(C)cc3)c3ccccc3Sc3cc(C#N)c(C#N)cc3Sc3ccccc32)cc1. The minimum Gasteiger partial charge on any atom is -0.261 e. The van der Waals surface area contributed by atoms with E-state index in [-0.39, 0.29) is 34.0 Å². The number of rotatable bonds is 4. The number of nitriles is 2. The maximum absolute atomic E-state index is 14.8. The van der Waals surface area contributed by atoms with Crippen molar-refractivity contribution in [2.24, 2.45) is 0 Å². The average molecular weight is 785 g/mol. The number of aryl methyl sites for hydroxylation is 2. The molecule has 0 radical (unpaired) electrons. The molecule has 0 amide bonds. The molecule has 8 nitrogen and oxygen atoms in total. The molecule has 12 heteroatoms. The Kier molecular flexibility index (Phi) is 10.3. The van der Waals surface area contributed by atoms with E-state index in [1.165, 1.54) is 32.1 Å². The first-order valence-corrected chi connectivity index (χ1v) is 21.3. The van der Waals surface area contributed by atoms with Crippen LogP contribution in [0.3, 0.4) is 0 Å². The number of anilines is 2. The molecule has 0 N–H and O–H groups in total. The predicted octanol–water partition coefficient (Wildman–Crippen LogP) is 9.45. The van der Waals surface area contributed by atoms with E-state index < -0.39 is 20.0 Å². The van der Waals surface area contributed by atoms with E-state index in [1.54, 1.807) is 84.9 Å². The topological polar surface area (TPSA) is 122 Å². The van der Waals surface area contributed by atoms with Crippen LogP contribution in [0, 0.1) is 36.5 Å². The van der Waals surface area contributed by atoms with Gasteiger partial charge in [0.15, 0.2) is 0 Å². The van der Waals surface area contributed by atoms with Gasteiger partial charge in [0.05, 0.1) is 45.4 Å². The van der Waals surface area contributed by atoms with E-state index in [0.717, 1.165) is 11.1 Å². The minimum absolute atomic E-state index is 0.102. The van der Waals surface area contributed by atoms with Gasteiger partial charge in [-0.2, -0.15) is 10.5 Å². The van der Waals surface area contributed by atoms with Crippen LogP contribution in [0.4, 0.5) is 11.4 Å². The second-order valence-electron chi connectivity index (χ2n) is 12.6. The molecule has 0 aliphatic carbocycles. The first-order chi connectivity index (χ1) is 26.0. The molecule has 0 saturated heterocycles. The molecule has 0 fully saturated rings. The summed E-state index contributed by atoms with van der Waals surface area (Å²) in [4.78, 5) is 2.60. The Bertz CT molecular complexity index is 2520.